The molecule has 5 nitrogen and oxygen atoms in total. The minimum atomic E-state index is -0.360. The number of rotatable bonds is 9. The van der Waals surface area contributed by atoms with Crippen LogP contribution in [0.1, 0.15) is 31.2 Å². The van der Waals surface area contributed by atoms with E-state index in [4.69, 9.17) is 0 Å². The molecule has 2 amide bonds. The van der Waals surface area contributed by atoms with Crippen molar-refractivity contribution in [2.75, 3.05) is 11.9 Å². The Morgan fingerprint density at radius 3 is 2.26 bits per heavy atom. The maximum atomic E-state index is 12.1. The molecule has 3 rings (SSSR count). The average Bonchev–Trinajstić information content (AvgIpc) is 2.84. The lowest BCUT2D eigenvalue weighted by atomic mass is 10.1. The van der Waals surface area contributed by atoms with E-state index in [-0.39, 0.29) is 28.9 Å². The summed E-state index contributed by atoms with van der Waals surface area (Å²) in [6, 6.07) is 24.2. The molecule has 7 heteroatoms. The molecule has 0 aliphatic carbocycles. The highest BCUT2D eigenvalue weighted by Gasteiger charge is 2.04. The highest BCUT2D eigenvalue weighted by Crippen LogP contribution is 2.22. The van der Waals surface area contributed by atoms with Crippen molar-refractivity contribution < 1.29 is 18.2 Å². The first-order chi connectivity index (χ1) is 16.5. The second-order valence-corrected chi connectivity index (χ2v) is 8.03. The van der Waals surface area contributed by atoms with Crippen molar-refractivity contribution in [3.63, 3.8) is 0 Å². The quantitative estimate of drug-likeness (QED) is 0.330. The fourth-order valence-corrected chi connectivity index (χ4v) is 3.22. The van der Waals surface area contributed by atoms with Crippen LogP contribution in [0, 0.1) is 12.7 Å². The Bertz CT molecular complexity index is 1080. The molecule has 34 heavy (non-hydrogen) atoms. The SMILES string of the molecule is Cc1ccc(F)cc1.O=S=CC(=O)NCCCCCC(=O)Nc1cccc(-c2ccccc2)c1. The Morgan fingerprint density at radius 1 is 0.882 bits per heavy atom. The van der Waals surface area contributed by atoms with Crippen LogP contribution in [0.25, 0.3) is 11.1 Å². The van der Waals surface area contributed by atoms with Crippen molar-refractivity contribution >= 4 is 34.1 Å². The molecule has 0 heterocycles. The number of unbranched alkanes of at least 4 members (excludes halogenated alkanes) is 2. The van der Waals surface area contributed by atoms with E-state index in [2.05, 4.69) is 10.6 Å². The molecule has 0 unspecified atom stereocenters. The molecule has 0 aromatic heterocycles. The molecule has 2 N–H and O–H groups in total. The Balaban J connectivity index is 0.000000430. The summed E-state index contributed by atoms with van der Waals surface area (Å²) in [6.45, 7) is 2.44. The number of halogens is 1. The number of amides is 2. The van der Waals surface area contributed by atoms with Crippen LogP contribution in [-0.4, -0.2) is 27.9 Å². The van der Waals surface area contributed by atoms with Gasteiger partial charge in [0.15, 0.2) is 0 Å². The van der Waals surface area contributed by atoms with Gasteiger partial charge in [0.05, 0.1) is 16.6 Å². The van der Waals surface area contributed by atoms with Crippen LogP contribution in [0.2, 0.25) is 0 Å². The molecule has 0 aliphatic heterocycles. The lowest BCUT2D eigenvalue weighted by Crippen LogP contribution is -2.25. The lowest BCUT2D eigenvalue weighted by molar-refractivity contribution is -0.116. The van der Waals surface area contributed by atoms with Crippen molar-refractivity contribution in [3.8, 4) is 11.1 Å². The van der Waals surface area contributed by atoms with Crippen LogP contribution >= 0.6 is 0 Å². The van der Waals surface area contributed by atoms with E-state index in [9.17, 15) is 18.2 Å². The van der Waals surface area contributed by atoms with Gasteiger partial charge >= 0.3 is 0 Å². The van der Waals surface area contributed by atoms with Gasteiger partial charge in [0.25, 0.3) is 5.91 Å². The minimum absolute atomic E-state index is 0.0182. The topological polar surface area (TPSA) is 75.3 Å². The maximum Gasteiger partial charge on any atom is 0.257 e. The molecule has 3 aromatic rings. The number of aryl methyl sites for hydroxylation is 1. The third-order valence-electron chi connectivity index (χ3n) is 4.80. The summed E-state index contributed by atoms with van der Waals surface area (Å²) < 4.78 is 22.2. The summed E-state index contributed by atoms with van der Waals surface area (Å²) in [6.07, 6.45) is 2.80. The highest BCUT2D eigenvalue weighted by atomic mass is 32.1. The average molecular weight is 481 g/mol. The number of hydrogen-bond donors (Lipinski definition) is 2. The number of anilines is 1. The molecule has 0 atom stereocenters. The summed E-state index contributed by atoms with van der Waals surface area (Å²) in [5.74, 6) is -0.549. The first-order valence-corrected chi connectivity index (χ1v) is 11.9. The molecule has 178 valence electrons. The van der Waals surface area contributed by atoms with Gasteiger partial charge in [-0.2, -0.15) is 0 Å². The van der Waals surface area contributed by atoms with E-state index >= 15 is 0 Å². The molecular weight excluding hydrogens is 451 g/mol. The van der Waals surface area contributed by atoms with Gasteiger partial charge in [-0.3, -0.25) is 9.59 Å². The lowest BCUT2D eigenvalue weighted by Gasteiger charge is -2.08. The summed E-state index contributed by atoms with van der Waals surface area (Å²) in [5, 5.41) is 6.54. The molecular formula is C27H29FN2O3S. The van der Waals surface area contributed by atoms with E-state index in [1.54, 1.807) is 12.1 Å². The highest BCUT2D eigenvalue weighted by molar-refractivity contribution is 7.66. The standard InChI is InChI=1S/C20H22N2O3S.C7H7F/c23-19(12-5-2-6-13-21-20(24)15-26-25)22-18-11-7-10-17(14-18)16-8-3-1-4-9-16;1-6-2-4-7(8)5-3-6/h1,3-4,7-11,14-15H,2,5-6,12-13H2,(H,21,24)(H,22,23);2-5H,1H3. The zero-order valence-corrected chi connectivity index (χ0v) is 19.9. The summed E-state index contributed by atoms with van der Waals surface area (Å²) >= 11 is 0.142. The molecule has 0 fully saturated rings. The largest absolute Gasteiger partial charge is 0.352 e. The number of benzene rings is 3. The second-order valence-electron chi connectivity index (χ2n) is 7.61. The summed E-state index contributed by atoms with van der Waals surface area (Å²) in [4.78, 5) is 23.1. The minimum Gasteiger partial charge on any atom is -0.352 e. The Kier molecular flexibility index (Phi) is 12.0. The van der Waals surface area contributed by atoms with Gasteiger partial charge in [0, 0.05) is 18.7 Å². The molecule has 0 spiro atoms. The molecule has 3 aromatic carbocycles. The van der Waals surface area contributed by atoms with Crippen molar-refractivity contribution in [2.24, 2.45) is 0 Å². The number of carbonyl (C=O) groups is 2. The zero-order chi connectivity index (χ0) is 24.6. The molecule has 0 saturated heterocycles. The first kappa shape index (κ1) is 26.7. The predicted octanol–water partition coefficient (Wildman–Crippen LogP) is 5.12. The third-order valence-corrected chi connectivity index (χ3v) is 5.11. The van der Waals surface area contributed by atoms with Gasteiger partial charge in [0.2, 0.25) is 5.91 Å². The second kappa shape index (κ2) is 15.3. The summed E-state index contributed by atoms with van der Waals surface area (Å²) in [7, 11) is 0. The van der Waals surface area contributed by atoms with E-state index < -0.39 is 0 Å². The fourth-order valence-electron chi connectivity index (χ4n) is 3.05. The van der Waals surface area contributed by atoms with E-state index in [1.165, 1.54) is 12.1 Å². The third kappa shape index (κ3) is 10.8. The zero-order valence-electron chi connectivity index (χ0n) is 19.1. The van der Waals surface area contributed by atoms with E-state index in [0.717, 1.165) is 47.0 Å². The van der Waals surface area contributed by atoms with Crippen molar-refractivity contribution in [1.82, 2.24) is 5.32 Å². The summed E-state index contributed by atoms with van der Waals surface area (Å²) in [5.41, 5.74) is 4.05. The van der Waals surface area contributed by atoms with Crippen molar-refractivity contribution in [1.29, 1.82) is 0 Å². The van der Waals surface area contributed by atoms with Gasteiger partial charge in [-0.25, -0.2) is 8.60 Å². The van der Waals surface area contributed by atoms with Gasteiger partial charge in [-0.1, -0.05) is 66.6 Å². The molecule has 0 radical (unpaired) electrons. The van der Waals surface area contributed by atoms with Gasteiger partial charge < -0.3 is 10.6 Å². The number of carbonyl (C=O) groups excluding carboxylic acids is 2. The monoisotopic (exact) mass is 480 g/mol. The number of nitrogens with one attached hydrogen (secondary N) is 2. The van der Waals surface area contributed by atoms with E-state index in [0.29, 0.717) is 13.0 Å². The molecule has 0 saturated carbocycles. The van der Waals surface area contributed by atoms with Gasteiger partial charge in [0.1, 0.15) is 5.82 Å². The first-order valence-electron chi connectivity index (χ1n) is 11.0. The molecule has 0 aliphatic rings. The van der Waals surface area contributed by atoms with Gasteiger partial charge in [-0.15, -0.1) is 0 Å². The van der Waals surface area contributed by atoms with Crippen LogP contribution < -0.4 is 10.6 Å². The Hall–Kier alpha value is -3.58. The predicted molar refractivity (Wildman–Crippen MR) is 137 cm³/mol. The van der Waals surface area contributed by atoms with Crippen LogP contribution in [0.4, 0.5) is 10.1 Å². The van der Waals surface area contributed by atoms with Gasteiger partial charge in [-0.05, 0) is 55.2 Å². The van der Waals surface area contributed by atoms with Crippen LogP contribution in [0.3, 0.4) is 0 Å². The van der Waals surface area contributed by atoms with Crippen molar-refractivity contribution in [2.45, 2.75) is 32.6 Å². The fraction of sp³-hybridized carbons (Fsp3) is 0.222. The van der Waals surface area contributed by atoms with Crippen LogP contribution in [0.15, 0.2) is 78.9 Å². The van der Waals surface area contributed by atoms with Crippen LogP contribution in [0.5, 0.6) is 0 Å². The Labute approximate surface area is 203 Å². The van der Waals surface area contributed by atoms with Crippen LogP contribution in [-0.2, 0) is 20.8 Å². The molecule has 0 bridgehead atoms. The maximum absolute atomic E-state index is 12.1. The normalized spacial score (nSPS) is 9.82. The Morgan fingerprint density at radius 2 is 1.59 bits per heavy atom. The number of hydrogen-bond acceptors (Lipinski definition) is 3. The smallest absolute Gasteiger partial charge is 0.257 e. The van der Waals surface area contributed by atoms with Crippen molar-refractivity contribution in [3.05, 3.63) is 90.2 Å². The van der Waals surface area contributed by atoms with E-state index in [1.807, 2.05) is 61.5 Å².